The van der Waals surface area contributed by atoms with Crippen molar-refractivity contribution in [2.45, 2.75) is 56.0 Å². The lowest BCUT2D eigenvalue weighted by atomic mass is 10.0. The number of carbonyl (C=O) groups is 3. The van der Waals surface area contributed by atoms with Gasteiger partial charge in [0.25, 0.3) is 5.91 Å². The third-order valence-corrected chi connectivity index (χ3v) is 10.2. The van der Waals surface area contributed by atoms with Crippen LogP contribution in [-0.4, -0.2) is 140 Å². The summed E-state index contributed by atoms with van der Waals surface area (Å²) in [6.07, 6.45) is 8.08. The highest BCUT2D eigenvalue weighted by atomic mass is 32.2. The summed E-state index contributed by atoms with van der Waals surface area (Å²) in [7, 11) is 3.54. The largest absolute Gasteiger partial charge is 0.434 e. The zero-order valence-corrected chi connectivity index (χ0v) is 30.6. The molecule has 2 fully saturated rings. The average Bonchev–Trinajstić information content (AvgIpc) is 3.73. The second-order valence-corrected chi connectivity index (χ2v) is 15.1. The van der Waals surface area contributed by atoms with Crippen LogP contribution in [0.4, 0.5) is 14.5 Å². The number of nitrogens with one attached hydrogen (secondary N) is 1. The molecule has 5 heterocycles. The third kappa shape index (κ3) is 8.87. The molecule has 2 saturated heterocycles. The number of rotatable bonds is 12. The lowest BCUT2D eigenvalue weighted by Crippen LogP contribution is -2.55. The van der Waals surface area contributed by atoms with Gasteiger partial charge < -0.3 is 19.9 Å². The Labute approximate surface area is 305 Å². The highest BCUT2D eigenvalue weighted by Gasteiger charge is 2.30. The highest BCUT2D eigenvalue weighted by molar-refractivity contribution is 7.99. The van der Waals surface area contributed by atoms with Gasteiger partial charge in [0.15, 0.2) is 5.65 Å². The average molecular weight is 739 g/mol. The number of anilines is 1. The monoisotopic (exact) mass is 738 g/mol. The summed E-state index contributed by atoms with van der Waals surface area (Å²) >= 11 is 1.54. The molecule has 0 saturated carbocycles. The number of alkyl halides is 2. The zero-order chi connectivity index (χ0) is 36.9. The van der Waals surface area contributed by atoms with Crippen LogP contribution in [0.15, 0.2) is 53.9 Å². The lowest BCUT2D eigenvalue weighted by molar-refractivity contribution is -0.134. The molecule has 0 bridgehead atoms. The van der Waals surface area contributed by atoms with Crippen molar-refractivity contribution in [2.24, 2.45) is 0 Å². The van der Waals surface area contributed by atoms with E-state index in [9.17, 15) is 23.2 Å². The fraction of sp³-hybridized carbons (Fsp3) is 0.486. The summed E-state index contributed by atoms with van der Waals surface area (Å²) in [5.41, 5.74) is 1.17. The zero-order valence-electron chi connectivity index (χ0n) is 29.7. The van der Waals surface area contributed by atoms with Gasteiger partial charge in [0.2, 0.25) is 11.8 Å². The number of aromatic nitrogens is 5. The molecule has 4 aromatic rings. The Hall–Kier alpha value is -4.61. The number of carbonyl (C=O) groups excluding carboxylic acids is 3. The van der Waals surface area contributed by atoms with Crippen molar-refractivity contribution in [3.05, 3.63) is 54.6 Å². The summed E-state index contributed by atoms with van der Waals surface area (Å²) in [5.74, 6) is -0.687. The molecule has 2 aliphatic heterocycles. The molecule has 3 amide bonds. The van der Waals surface area contributed by atoms with Crippen molar-refractivity contribution in [1.29, 1.82) is 0 Å². The van der Waals surface area contributed by atoms with Gasteiger partial charge in [-0.25, -0.2) is 9.50 Å². The number of hydrogen-bond donors (Lipinski definition) is 1. The van der Waals surface area contributed by atoms with Gasteiger partial charge in [0, 0.05) is 93.7 Å². The second kappa shape index (κ2) is 16.4. The molecule has 0 atom stereocenters. The van der Waals surface area contributed by atoms with Crippen molar-refractivity contribution in [1.82, 2.24) is 44.0 Å². The molecule has 3 aromatic heterocycles. The van der Waals surface area contributed by atoms with E-state index in [1.807, 2.05) is 13.8 Å². The van der Waals surface area contributed by atoms with E-state index >= 15 is 0 Å². The SMILES string of the molecule is CC(C)Sc1ccc(OC(F)F)c(-c2nn(CC(=O)N3CCN(C4CCN(CC(=O)N(C)C)CC4)CC3)cc2NC(=O)c2cnn3cccnc23)c1. The van der Waals surface area contributed by atoms with Crippen molar-refractivity contribution >= 4 is 40.8 Å². The van der Waals surface area contributed by atoms with Gasteiger partial charge in [-0.05, 0) is 37.1 Å². The molecule has 52 heavy (non-hydrogen) atoms. The number of hydrogen-bond acceptors (Lipinski definition) is 10. The minimum absolute atomic E-state index is 0.106. The van der Waals surface area contributed by atoms with Crippen LogP contribution in [0.2, 0.25) is 0 Å². The second-order valence-electron chi connectivity index (χ2n) is 13.4. The Bertz CT molecular complexity index is 1880. The van der Waals surface area contributed by atoms with Crippen molar-refractivity contribution < 1.29 is 27.9 Å². The van der Waals surface area contributed by atoms with E-state index in [1.54, 1.807) is 54.5 Å². The van der Waals surface area contributed by atoms with E-state index in [2.05, 4.69) is 30.3 Å². The number of likely N-dealkylation sites (tertiary alicyclic amines) is 1. The lowest BCUT2D eigenvalue weighted by Gasteiger charge is -2.42. The fourth-order valence-corrected chi connectivity index (χ4v) is 7.44. The van der Waals surface area contributed by atoms with Crippen LogP contribution in [0.1, 0.15) is 37.0 Å². The molecular weight excluding hydrogens is 695 g/mol. The van der Waals surface area contributed by atoms with Crippen LogP contribution in [0.5, 0.6) is 5.75 Å². The molecule has 14 nitrogen and oxygen atoms in total. The number of benzene rings is 1. The summed E-state index contributed by atoms with van der Waals surface area (Å²) in [4.78, 5) is 52.4. The van der Waals surface area contributed by atoms with Gasteiger partial charge in [-0.1, -0.05) is 13.8 Å². The predicted molar refractivity (Wildman–Crippen MR) is 193 cm³/mol. The molecule has 278 valence electrons. The maximum absolute atomic E-state index is 13.6. The Balaban J connectivity index is 1.18. The Morgan fingerprint density at radius 1 is 1.06 bits per heavy atom. The predicted octanol–water partition coefficient (Wildman–Crippen LogP) is 3.64. The summed E-state index contributed by atoms with van der Waals surface area (Å²) < 4.78 is 35.0. The number of thioether (sulfide) groups is 1. The molecule has 0 aliphatic carbocycles. The number of piperidine rings is 1. The number of halogens is 2. The van der Waals surface area contributed by atoms with E-state index in [0.717, 1.165) is 43.9 Å². The molecule has 1 aromatic carbocycles. The smallest absolute Gasteiger partial charge is 0.387 e. The van der Waals surface area contributed by atoms with Crippen molar-refractivity contribution in [2.75, 3.05) is 65.2 Å². The van der Waals surface area contributed by atoms with Crippen LogP contribution in [-0.2, 0) is 16.1 Å². The van der Waals surface area contributed by atoms with Crippen LogP contribution in [0, 0.1) is 0 Å². The first kappa shape index (κ1) is 37.2. The van der Waals surface area contributed by atoms with Gasteiger partial charge in [-0.15, -0.1) is 11.8 Å². The first-order valence-electron chi connectivity index (χ1n) is 17.3. The highest BCUT2D eigenvalue weighted by Crippen LogP contribution is 2.39. The van der Waals surface area contributed by atoms with Gasteiger partial charge in [0.05, 0.1) is 18.4 Å². The molecule has 0 unspecified atom stereocenters. The van der Waals surface area contributed by atoms with E-state index in [0.29, 0.717) is 31.3 Å². The third-order valence-electron chi connectivity index (χ3n) is 9.22. The van der Waals surface area contributed by atoms with E-state index in [1.165, 1.54) is 39.4 Å². The standard InChI is InChI=1S/C35H44F2N10O4S/c1-23(2)52-25-6-7-29(51-35(36)37)26(18-25)32-28(40-34(50)27-19-39-47-11-5-10-38-33(27)47)20-46(41-32)22-31(49)45-16-14-44(15-17-45)24-8-12-43(13-9-24)21-30(48)42(3)4/h5-7,10-11,18-20,23-24,35H,8-9,12-17,21-22H2,1-4H3,(H,40,50). The van der Waals surface area contributed by atoms with Crippen LogP contribution in [0.3, 0.4) is 0 Å². The quantitative estimate of drug-likeness (QED) is 0.215. The van der Waals surface area contributed by atoms with Gasteiger partial charge in [0.1, 0.15) is 23.6 Å². The number of amides is 3. The molecule has 0 spiro atoms. The number of piperazine rings is 1. The summed E-state index contributed by atoms with van der Waals surface area (Å²) in [6, 6.07) is 6.95. The van der Waals surface area contributed by atoms with Crippen LogP contribution >= 0.6 is 11.8 Å². The van der Waals surface area contributed by atoms with E-state index in [4.69, 9.17) is 4.74 Å². The van der Waals surface area contributed by atoms with E-state index < -0.39 is 12.5 Å². The topological polar surface area (TPSA) is 133 Å². The molecular formula is C35H44F2N10O4S. The summed E-state index contributed by atoms with van der Waals surface area (Å²) in [6.45, 7) is 5.56. The van der Waals surface area contributed by atoms with Crippen LogP contribution < -0.4 is 10.1 Å². The maximum Gasteiger partial charge on any atom is 0.387 e. The number of nitrogens with zero attached hydrogens (tertiary/aromatic N) is 9. The first-order valence-corrected chi connectivity index (χ1v) is 18.2. The van der Waals surface area contributed by atoms with Crippen LogP contribution in [0.25, 0.3) is 16.9 Å². The van der Waals surface area contributed by atoms with Gasteiger partial charge >= 0.3 is 6.61 Å². The Kier molecular flexibility index (Phi) is 11.7. The first-order chi connectivity index (χ1) is 24.9. The van der Waals surface area contributed by atoms with E-state index in [-0.39, 0.29) is 51.9 Å². The van der Waals surface area contributed by atoms with Crippen molar-refractivity contribution in [3.63, 3.8) is 0 Å². The Morgan fingerprint density at radius 2 is 1.81 bits per heavy atom. The Morgan fingerprint density at radius 3 is 2.50 bits per heavy atom. The molecule has 1 N–H and O–H groups in total. The van der Waals surface area contributed by atoms with Gasteiger partial charge in [-0.2, -0.15) is 19.0 Å². The van der Waals surface area contributed by atoms with Gasteiger partial charge in [-0.3, -0.25) is 28.9 Å². The normalized spacial score (nSPS) is 16.2. The maximum atomic E-state index is 13.6. The number of fused-ring (bicyclic) bond motifs is 1. The fourth-order valence-electron chi connectivity index (χ4n) is 6.56. The minimum atomic E-state index is -3.09. The molecule has 17 heteroatoms. The molecule has 0 radical (unpaired) electrons. The number of ether oxygens (including phenoxy) is 1. The minimum Gasteiger partial charge on any atom is -0.434 e. The van der Waals surface area contributed by atoms with Crippen molar-refractivity contribution in [3.8, 4) is 17.0 Å². The summed E-state index contributed by atoms with van der Waals surface area (Å²) in [5, 5.41) is 11.9. The number of likely N-dealkylation sites (N-methyl/N-ethyl adjacent to an activating group) is 1. The molecule has 2 aliphatic rings. The molecule has 6 rings (SSSR count).